The molecule has 1 saturated carbocycles. The fraction of sp³-hybridized carbons (Fsp3) is 0.550. The zero-order chi connectivity index (χ0) is 18.1. The highest BCUT2D eigenvalue weighted by atomic mass is 16.2. The largest absolute Gasteiger partial charge is 0.324 e. The summed E-state index contributed by atoms with van der Waals surface area (Å²) in [4.78, 5) is 37.8. The highest BCUT2D eigenvalue weighted by Gasteiger charge is 2.38. The number of imide groups is 1. The van der Waals surface area contributed by atoms with Crippen LogP contribution in [0.25, 0.3) is 0 Å². The molecular weight excluding hydrogens is 330 g/mol. The van der Waals surface area contributed by atoms with Gasteiger partial charge in [-0.3, -0.25) is 19.3 Å². The normalized spacial score (nSPS) is 28.3. The highest BCUT2D eigenvalue weighted by molar-refractivity contribution is 6.02. The predicted molar refractivity (Wildman–Crippen MR) is 97.1 cm³/mol. The first-order valence-corrected chi connectivity index (χ1v) is 9.60. The van der Waals surface area contributed by atoms with Crippen LogP contribution >= 0.6 is 0 Å². The van der Waals surface area contributed by atoms with E-state index >= 15 is 0 Å². The van der Waals surface area contributed by atoms with Gasteiger partial charge in [0.1, 0.15) is 0 Å². The molecule has 138 valence electrons. The van der Waals surface area contributed by atoms with Gasteiger partial charge < -0.3 is 10.6 Å². The molecule has 2 heterocycles. The fourth-order valence-corrected chi connectivity index (χ4v) is 4.49. The molecule has 4 rings (SSSR count). The molecule has 3 amide bonds. The lowest BCUT2D eigenvalue weighted by Gasteiger charge is -2.24. The summed E-state index contributed by atoms with van der Waals surface area (Å²) in [6.45, 7) is 0.220. The molecule has 0 radical (unpaired) electrons. The second-order valence-electron chi connectivity index (χ2n) is 7.63. The van der Waals surface area contributed by atoms with Gasteiger partial charge in [0.2, 0.25) is 17.7 Å². The summed E-state index contributed by atoms with van der Waals surface area (Å²) in [5.74, 6) is 0.302. The van der Waals surface area contributed by atoms with E-state index in [0.717, 1.165) is 18.4 Å². The van der Waals surface area contributed by atoms with Crippen molar-refractivity contribution in [3.8, 4) is 0 Å². The van der Waals surface area contributed by atoms with E-state index in [-0.39, 0.29) is 43.1 Å². The summed E-state index contributed by atoms with van der Waals surface area (Å²) in [6, 6.07) is 7.71. The summed E-state index contributed by atoms with van der Waals surface area (Å²) in [7, 11) is 0. The Balaban J connectivity index is 1.44. The Bertz CT molecular complexity index is 703. The third-order valence-corrected chi connectivity index (χ3v) is 5.94. The average Bonchev–Trinajstić information content (AvgIpc) is 3.21. The summed E-state index contributed by atoms with van der Waals surface area (Å²) >= 11 is 0. The molecule has 6 nitrogen and oxygen atoms in total. The lowest BCUT2D eigenvalue weighted by Crippen LogP contribution is -2.40. The van der Waals surface area contributed by atoms with Gasteiger partial charge in [-0.25, -0.2) is 0 Å². The average molecular weight is 355 g/mol. The van der Waals surface area contributed by atoms with Crippen LogP contribution in [-0.2, 0) is 20.9 Å². The Hall–Kier alpha value is -2.21. The molecule has 6 heteroatoms. The van der Waals surface area contributed by atoms with Crippen molar-refractivity contribution >= 4 is 23.4 Å². The van der Waals surface area contributed by atoms with Crippen LogP contribution in [0.2, 0.25) is 0 Å². The Kier molecular flexibility index (Phi) is 4.76. The molecule has 26 heavy (non-hydrogen) atoms. The summed E-state index contributed by atoms with van der Waals surface area (Å²) < 4.78 is 0. The van der Waals surface area contributed by atoms with Crippen LogP contribution in [0.15, 0.2) is 24.3 Å². The Morgan fingerprint density at radius 1 is 1.12 bits per heavy atom. The maximum atomic E-state index is 12.8. The maximum absolute atomic E-state index is 12.8. The molecule has 0 bridgehead atoms. The van der Waals surface area contributed by atoms with Gasteiger partial charge in [0.25, 0.3) is 0 Å². The van der Waals surface area contributed by atoms with E-state index in [1.54, 1.807) is 0 Å². The second kappa shape index (κ2) is 7.19. The van der Waals surface area contributed by atoms with Crippen LogP contribution in [-0.4, -0.2) is 34.7 Å². The number of benzene rings is 1. The van der Waals surface area contributed by atoms with Crippen LogP contribution in [0.5, 0.6) is 0 Å². The standard InChI is InChI=1S/C20H25N3O3/c24-18-9-10-19(25)23(18)12-14-6-2-4-8-16(14)22-20(26)17-11-13-5-1-3-7-15(13)21-17/h2,4,6,8,13,15,17,21H,1,3,5,7,9-12H2,(H,22,26). The third-order valence-electron chi connectivity index (χ3n) is 5.94. The molecular formula is C20H25N3O3. The van der Waals surface area contributed by atoms with Gasteiger partial charge in [-0.15, -0.1) is 0 Å². The molecule has 0 aromatic heterocycles. The zero-order valence-electron chi connectivity index (χ0n) is 14.9. The van der Waals surface area contributed by atoms with Gasteiger partial charge in [-0.05, 0) is 36.8 Å². The number of likely N-dealkylation sites (tertiary alicyclic amines) is 1. The van der Waals surface area contributed by atoms with Gasteiger partial charge >= 0.3 is 0 Å². The van der Waals surface area contributed by atoms with Gasteiger partial charge in [0.15, 0.2) is 0 Å². The van der Waals surface area contributed by atoms with Crippen molar-refractivity contribution < 1.29 is 14.4 Å². The molecule has 2 N–H and O–H groups in total. The number of hydrogen-bond acceptors (Lipinski definition) is 4. The van der Waals surface area contributed by atoms with Gasteiger partial charge in [-0.2, -0.15) is 0 Å². The number of carbonyl (C=O) groups is 3. The van der Waals surface area contributed by atoms with Crippen LogP contribution in [0.1, 0.15) is 50.5 Å². The predicted octanol–water partition coefficient (Wildman–Crippen LogP) is 2.19. The summed E-state index contributed by atoms with van der Waals surface area (Å²) in [5.41, 5.74) is 1.47. The quantitative estimate of drug-likeness (QED) is 0.812. The number of carbonyl (C=O) groups excluding carboxylic acids is 3. The molecule has 2 saturated heterocycles. The monoisotopic (exact) mass is 355 g/mol. The van der Waals surface area contributed by atoms with E-state index in [2.05, 4.69) is 10.6 Å². The molecule has 1 aliphatic carbocycles. The van der Waals surface area contributed by atoms with Crippen molar-refractivity contribution in [3.05, 3.63) is 29.8 Å². The van der Waals surface area contributed by atoms with Crippen molar-refractivity contribution in [1.82, 2.24) is 10.2 Å². The second-order valence-corrected chi connectivity index (χ2v) is 7.63. The number of anilines is 1. The Morgan fingerprint density at radius 3 is 2.62 bits per heavy atom. The van der Waals surface area contributed by atoms with Crippen molar-refractivity contribution in [2.75, 3.05) is 5.32 Å². The van der Waals surface area contributed by atoms with E-state index in [1.165, 1.54) is 24.2 Å². The van der Waals surface area contributed by atoms with Gasteiger partial charge in [0.05, 0.1) is 12.6 Å². The molecule has 3 atom stereocenters. The first-order valence-electron chi connectivity index (χ1n) is 9.60. The number of rotatable bonds is 4. The van der Waals surface area contributed by atoms with E-state index in [0.29, 0.717) is 17.6 Å². The van der Waals surface area contributed by atoms with Gasteiger partial charge in [0, 0.05) is 24.6 Å². The lowest BCUT2D eigenvalue weighted by atomic mass is 9.85. The Morgan fingerprint density at radius 2 is 1.85 bits per heavy atom. The van der Waals surface area contributed by atoms with Crippen molar-refractivity contribution in [3.63, 3.8) is 0 Å². The van der Waals surface area contributed by atoms with Crippen LogP contribution < -0.4 is 10.6 Å². The molecule has 3 fully saturated rings. The van der Waals surface area contributed by atoms with Crippen molar-refractivity contribution in [1.29, 1.82) is 0 Å². The number of nitrogens with one attached hydrogen (secondary N) is 2. The summed E-state index contributed by atoms with van der Waals surface area (Å²) in [5, 5.41) is 6.50. The zero-order valence-corrected chi connectivity index (χ0v) is 14.9. The minimum atomic E-state index is -0.161. The molecule has 3 unspecified atom stereocenters. The minimum Gasteiger partial charge on any atom is -0.324 e. The molecule has 0 spiro atoms. The van der Waals surface area contributed by atoms with Crippen molar-refractivity contribution in [2.45, 2.75) is 63.6 Å². The molecule has 1 aromatic rings. The van der Waals surface area contributed by atoms with E-state index in [9.17, 15) is 14.4 Å². The number of fused-ring (bicyclic) bond motifs is 1. The van der Waals surface area contributed by atoms with Crippen LogP contribution in [0.4, 0.5) is 5.69 Å². The SMILES string of the molecule is O=C(Nc1ccccc1CN1C(=O)CCC1=O)C1CC2CCCCC2N1. The molecule has 2 aliphatic heterocycles. The van der Waals surface area contributed by atoms with Crippen LogP contribution in [0.3, 0.4) is 0 Å². The smallest absolute Gasteiger partial charge is 0.241 e. The van der Waals surface area contributed by atoms with E-state index in [1.807, 2.05) is 24.3 Å². The minimum absolute atomic E-state index is 0.0223. The first kappa shape index (κ1) is 17.2. The van der Waals surface area contributed by atoms with E-state index < -0.39 is 0 Å². The number of hydrogen-bond donors (Lipinski definition) is 2. The Labute approximate surface area is 153 Å². The third kappa shape index (κ3) is 3.38. The molecule has 1 aromatic carbocycles. The van der Waals surface area contributed by atoms with Gasteiger partial charge in [-0.1, -0.05) is 31.0 Å². The number of amides is 3. The highest BCUT2D eigenvalue weighted by Crippen LogP contribution is 2.33. The van der Waals surface area contributed by atoms with Crippen LogP contribution in [0, 0.1) is 5.92 Å². The first-order chi connectivity index (χ1) is 12.6. The number of nitrogens with zero attached hydrogens (tertiary/aromatic N) is 1. The van der Waals surface area contributed by atoms with Crippen molar-refractivity contribution in [2.24, 2.45) is 5.92 Å². The lowest BCUT2D eigenvalue weighted by molar-refractivity contribution is -0.139. The number of para-hydroxylation sites is 1. The molecule has 3 aliphatic rings. The summed E-state index contributed by atoms with van der Waals surface area (Å²) in [6.07, 6.45) is 6.31. The fourth-order valence-electron chi connectivity index (χ4n) is 4.49. The maximum Gasteiger partial charge on any atom is 0.241 e. The topological polar surface area (TPSA) is 78.5 Å². The van der Waals surface area contributed by atoms with E-state index in [4.69, 9.17) is 0 Å².